The zero-order chi connectivity index (χ0) is 15.3. The highest BCUT2D eigenvalue weighted by atomic mass is 15.3. The summed E-state index contributed by atoms with van der Waals surface area (Å²) in [6, 6.07) is 0.377. The predicted molar refractivity (Wildman–Crippen MR) is 84.8 cm³/mol. The van der Waals surface area contributed by atoms with Crippen molar-refractivity contribution in [1.82, 2.24) is 15.1 Å². The van der Waals surface area contributed by atoms with Gasteiger partial charge < -0.3 is 5.32 Å². The van der Waals surface area contributed by atoms with Crippen molar-refractivity contribution in [2.75, 3.05) is 6.54 Å². The van der Waals surface area contributed by atoms with Gasteiger partial charge in [0.1, 0.15) is 0 Å². The monoisotopic (exact) mass is 277 g/mol. The Kier molecular flexibility index (Phi) is 3.79. The van der Waals surface area contributed by atoms with Gasteiger partial charge in [-0.25, -0.2) is 0 Å². The Morgan fingerprint density at radius 2 is 1.75 bits per heavy atom. The zero-order valence-corrected chi connectivity index (χ0v) is 14.5. The fourth-order valence-corrected chi connectivity index (χ4v) is 3.89. The number of aromatic nitrogens is 2. The van der Waals surface area contributed by atoms with Crippen LogP contribution in [0.1, 0.15) is 64.5 Å². The average molecular weight is 277 g/mol. The van der Waals surface area contributed by atoms with Crippen LogP contribution in [0.5, 0.6) is 0 Å². The van der Waals surface area contributed by atoms with Gasteiger partial charge in [0.2, 0.25) is 0 Å². The quantitative estimate of drug-likeness (QED) is 0.886. The van der Waals surface area contributed by atoms with Gasteiger partial charge in [0.25, 0.3) is 0 Å². The maximum Gasteiger partial charge on any atom is 0.0644 e. The van der Waals surface area contributed by atoms with Gasteiger partial charge in [-0.05, 0) is 51.0 Å². The number of nitrogens with zero attached hydrogens (tertiary/aromatic N) is 2. The molecule has 2 rings (SSSR count). The Morgan fingerprint density at radius 1 is 1.20 bits per heavy atom. The normalized spacial score (nSPS) is 22.0. The first kappa shape index (κ1) is 15.6. The molecule has 0 spiro atoms. The van der Waals surface area contributed by atoms with E-state index in [4.69, 9.17) is 0 Å². The number of aryl methyl sites for hydroxylation is 2. The van der Waals surface area contributed by atoms with Crippen LogP contribution >= 0.6 is 0 Å². The fourth-order valence-electron chi connectivity index (χ4n) is 3.89. The van der Waals surface area contributed by atoms with Gasteiger partial charge in [-0.3, -0.25) is 4.68 Å². The number of nitrogens with one attached hydrogen (secondary N) is 1. The molecule has 0 aliphatic heterocycles. The molecule has 20 heavy (non-hydrogen) atoms. The summed E-state index contributed by atoms with van der Waals surface area (Å²) in [4.78, 5) is 0. The highest BCUT2D eigenvalue weighted by molar-refractivity contribution is 5.28. The van der Waals surface area contributed by atoms with Crippen LogP contribution in [0.3, 0.4) is 0 Å². The Labute approximate surface area is 124 Å². The third kappa shape index (κ3) is 2.20. The average Bonchev–Trinajstić information content (AvgIpc) is 2.61. The molecule has 1 N–H and O–H groups in total. The minimum absolute atomic E-state index is 0.377. The second-order valence-electron chi connectivity index (χ2n) is 7.53. The molecule has 1 saturated carbocycles. The summed E-state index contributed by atoms with van der Waals surface area (Å²) in [6.45, 7) is 20.3. The topological polar surface area (TPSA) is 29.9 Å². The van der Waals surface area contributed by atoms with E-state index < -0.39 is 0 Å². The van der Waals surface area contributed by atoms with Crippen LogP contribution in [0.15, 0.2) is 0 Å². The zero-order valence-electron chi connectivity index (χ0n) is 14.5. The molecule has 1 aromatic rings. The summed E-state index contributed by atoms with van der Waals surface area (Å²) in [6.07, 6.45) is 0. The molecule has 1 fully saturated rings. The van der Waals surface area contributed by atoms with E-state index in [2.05, 4.69) is 70.5 Å². The van der Waals surface area contributed by atoms with Crippen molar-refractivity contribution in [1.29, 1.82) is 0 Å². The molecule has 1 heterocycles. The van der Waals surface area contributed by atoms with Gasteiger partial charge in [0, 0.05) is 23.8 Å². The third-order valence-electron chi connectivity index (χ3n) is 6.12. The van der Waals surface area contributed by atoms with E-state index in [1.807, 2.05) is 0 Å². The summed E-state index contributed by atoms with van der Waals surface area (Å²) in [5.74, 6) is 0.763. The van der Waals surface area contributed by atoms with Crippen LogP contribution in [-0.2, 0) is 6.54 Å². The highest BCUT2D eigenvalue weighted by Gasteiger charge is 2.63. The molecule has 1 unspecified atom stereocenters. The lowest BCUT2D eigenvalue weighted by atomic mass is 10.0. The molecule has 3 heteroatoms. The molecular formula is C17H31N3. The number of rotatable bonds is 5. The Hall–Kier alpha value is -0.830. The van der Waals surface area contributed by atoms with Crippen molar-refractivity contribution in [3.8, 4) is 0 Å². The van der Waals surface area contributed by atoms with E-state index in [0.29, 0.717) is 16.9 Å². The number of hydrogen-bond acceptors (Lipinski definition) is 2. The molecule has 0 saturated heterocycles. The molecule has 1 atom stereocenters. The SMILES string of the molecule is CCn1nc(C)c(C(C)NCC2C(C)(C)C2(C)C)c1C. The smallest absolute Gasteiger partial charge is 0.0644 e. The molecule has 3 nitrogen and oxygen atoms in total. The van der Waals surface area contributed by atoms with Crippen LogP contribution in [0, 0.1) is 30.6 Å². The van der Waals surface area contributed by atoms with Gasteiger partial charge in [-0.15, -0.1) is 0 Å². The van der Waals surface area contributed by atoms with E-state index >= 15 is 0 Å². The van der Waals surface area contributed by atoms with Crippen molar-refractivity contribution in [2.45, 2.75) is 68.0 Å². The van der Waals surface area contributed by atoms with Crippen LogP contribution in [-0.4, -0.2) is 16.3 Å². The summed E-state index contributed by atoms with van der Waals surface area (Å²) < 4.78 is 2.11. The lowest BCUT2D eigenvalue weighted by Crippen LogP contribution is -2.24. The van der Waals surface area contributed by atoms with Crippen LogP contribution < -0.4 is 5.32 Å². The summed E-state index contributed by atoms with van der Waals surface area (Å²) in [5.41, 5.74) is 4.76. The van der Waals surface area contributed by atoms with Crippen molar-refractivity contribution in [3.05, 3.63) is 17.0 Å². The van der Waals surface area contributed by atoms with Crippen LogP contribution in [0.25, 0.3) is 0 Å². The van der Waals surface area contributed by atoms with Crippen molar-refractivity contribution < 1.29 is 0 Å². The second-order valence-corrected chi connectivity index (χ2v) is 7.53. The molecule has 0 radical (unpaired) electrons. The molecule has 1 aliphatic rings. The third-order valence-corrected chi connectivity index (χ3v) is 6.12. The Bertz CT molecular complexity index is 483. The molecule has 0 bridgehead atoms. The van der Waals surface area contributed by atoms with Gasteiger partial charge in [0.15, 0.2) is 0 Å². The summed E-state index contributed by atoms with van der Waals surface area (Å²) >= 11 is 0. The molecule has 1 aromatic heterocycles. The number of hydrogen-bond donors (Lipinski definition) is 1. The second kappa shape index (κ2) is 4.87. The van der Waals surface area contributed by atoms with Crippen LogP contribution in [0.4, 0.5) is 0 Å². The maximum atomic E-state index is 4.63. The van der Waals surface area contributed by atoms with Gasteiger partial charge >= 0.3 is 0 Å². The molecular weight excluding hydrogens is 246 g/mol. The minimum Gasteiger partial charge on any atom is -0.310 e. The van der Waals surface area contributed by atoms with Crippen molar-refractivity contribution in [2.24, 2.45) is 16.7 Å². The first-order chi connectivity index (χ1) is 9.14. The van der Waals surface area contributed by atoms with Gasteiger partial charge in [-0.2, -0.15) is 5.10 Å². The fraction of sp³-hybridized carbons (Fsp3) is 0.824. The molecule has 1 aliphatic carbocycles. The Balaban J connectivity index is 2.04. The van der Waals surface area contributed by atoms with E-state index in [1.54, 1.807) is 0 Å². The minimum atomic E-state index is 0.377. The van der Waals surface area contributed by atoms with E-state index in [-0.39, 0.29) is 0 Å². The van der Waals surface area contributed by atoms with Gasteiger partial charge in [0.05, 0.1) is 5.69 Å². The summed E-state index contributed by atoms with van der Waals surface area (Å²) in [5, 5.41) is 8.36. The van der Waals surface area contributed by atoms with Crippen molar-refractivity contribution >= 4 is 0 Å². The lowest BCUT2D eigenvalue weighted by Gasteiger charge is -2.16. The van der Waals surface area contributed by atoms with E-state index in [0.717, 1.165) is 19.0 Å². The van der Waals surface area contributed by atoms with E-state index in [1.165, 1.54) is 17.0 Å². The highest BCUT2D eigenvalue weighted by Crippen LogP contribution is 2.68. The van der Waals surface area contributed by atoms with Crippen LogP contribution in [0.2, 0.25) is 0 Å². The van der Waals surface area contributed by atoms with Gasteiger partial charge in [-0.1, -0.05) is 27.7 Å². The Morgan fingerprint density at radius 3 is 2.15 bits per heavy atom. The largest absolute Gasteiger partial charge is 0.310 e. The maximum absolute atomic E-state index is 4.63. The standard InChI is InChI=1S/C17H31N3/c1-9-20-13(4)15(12(3)19-20)11(2)18-10-14-16(5,6)17(14,7)8/h11,14,18H,9-10H2,1-8H3. The van der Waals surface area contributed by atoms with E-state index in [9.17, 15) is 0 Å². The molecule has 0 aromatic carbocycles. The first-order valence-corrected chi connectivity index (χ1v) is 7.91. The predicted octanol–water partition coefficient (Wildman–Crippen LogP) is 3.85. The lowest BCUT2D eigenvalue weighted by molar-refractivity contribution is 0.457. The van der Waals surface area contributed by atoms with Crippen molar-refractivity contribution in [3.63, 3.8) is 0 Å². The molecule has 114 valence electrons. The molecule has 0 amide bonds. The summed E-state index contributed by atoms with van der Waals surface area (Å²) in [7, 11) is 0. The first-order valence-electron chi connectivity index (χ1n) is 7.91.